The molecule has 1 aromatic rings. The third-order valence-corrected chi connectivity index (χ3v) is 9.72. The zero-order chi connectivity index (χ0) is 23.6. The van der Waals surface area contributed by atoms with E-state index in [0.717, 1.165) is 29.9 Å². The normalized spacial score (nSPS) is 35.9. The van der Waals surface area contributed by atoms with Crippen LogP contribution in [0.1, 0.15) is 85.1 Å². The number of carbonyl (C=O) groups excluding carboxylic acids is 2. The molecule has 0 spiro atoms. The van der Waals surface area contributed by atoms with Crippen molar-refractivity contribution in [3.63, 3.8) is 0 Å². The lowest BCUT2D eigenvalue weighted by atomic mass is 9.50. The molecule has 0 unspecified atom stereocenters. The molecule has 1 N–H and O–H groups in total. The van der Waals surface area contributed by atoms with Gasteiger partial charge in [-0.1, -0.05) is 59.2 Å². The van der Waals surface area contributed by atoms with Gasteiger partial charge in [0, 0.05) is 35.8 Å². The van der Waals surface area contributed by atoms with Crippen molar-refractivity contribution >= 4 is 17.5 Å². The Morgan fingerprint density at radius 3 is 2.58 bits per heavy atom. The summed E-state index contributed by atoms with van der Waals surface area (Å²) in [6, 6.07) is 8.03. The van der Waals surface area contributed by atoms with E-state index in [0.29, 0.717) is 29.6 Å². The number of anilines is 1. The summed E-state index contributed by atoms with van der Waals surface area (Å²) in [5.41, 5.74) is 3.22. The van der Waals surface area contributed by atoms with Crippen LogP contribution < -0.4 is 5.32 Å². The summed E-state index contributed by atoms with van der Waals surface area (Å²) in [4.78, 5) is 28.4. The van der Waals surface area contributed by atoms with Crippen molar-refractivity contribution in [3.8, 4) is 0 Å². The van der Waals surface area contributed by atoms with Gasteiger partial charge in [0.1, 0.15) is 0 Å². The Morgan fingerprint density at radius 2 is 1.82 bits per heavy atom. The molecular weight excluding hydrogens is 408 g/mol. The van der Waals surface area contributed by atoms with Gasteiger partial charge in [-0.15, -0.1) is 0 Å². The predicted octanol–water partition coefficient (Wildman–Crippen LogP) is 6.92. The summed E-state index contributed by atoms with van der Waals surface area (Å²) in [5.74, 6) is 1.93. The Bertz CT molecular complexity index is 1010. The van der Waals surface area contributed by atoms with E-state index in [4.69, 9.17) is 0 Å². The van der Waals surface area contributed by atoms with E-state index in [9.17, 15) is 9.59 Å². The molecule has 1 aliphatic heterocycles. The van der Waals surface area contributed by atoms with Crippen LogP contribution >= 0.6 is 0 Å². The average Bonchev–Trinajstić information content (AvgIpc) is 3.15. The summed E-state index contributed by atoms with van der Waals surface area (Å²) < 4.78 is 0. The summed E-state index contributed by atoms with van der Waals surface area (Å²) >= 11 is 0. The molecule has 3 fully saturated rings. The molecule has 5 atom stereocenters. The standard InChI is InChI=1S/C29H40N2O2/c1-27(2,3)23-9-6-7-11-24(23)30-26(33)31-18-20-21-10-8-14-28(21,4)15-13-22(20)29(5)16-12-19(32)17-25(29)31/h6-7,9,11,17,20-22H,8,10,12-16,18H2,1-5H3,(H,30,33)/t20-,21-,22-,28-,29+/m0/s1. The fraction of sp³-hybridized carbons (Fsp3) is 0.655. The first kappa shape index (κ1) is 22.7. The maximum absolute atomic E-state index is 13.9. The number of rotatable bonds is 1. The van der Waals surface area contributed by atoms with E-state index in [2.05, 4.69) is 46.0 Å². The zero-order valence-corrected chi connectivity index (χ0v) is 21.0. The number of piperidine rings is 1. The number of para-hydroxylation sites is 1. The third-order valence-electron chi connectivity index (χ3n) is 9.72. The van der Waals surface area contributed by atoms with E-state index in [1.807, 2.05) is 23.1 Å². The number of amides is 2. The molecule has 4 heteroatoms. The van der Waals surface area contributed by atoms with E-state index < -0.39 is 0 Å². The highest BCUT2D eigenvalue weighted by molar-refractivity contribution is 5.95. The smallest absolute Gasteiger partial charge is 0.307 e. The minimum atomic E-state index is -0.0956. The monoisotopic (exact) mass is 448 g/mol. The van der Waals surface area contributed by atoms with Crippen molar-refractivity contribution in [1.29, 1.82) is 0 Å². The highest BCUT2D eigenvalue weighted by Crippen LogP contribution is 2.64. The van der Waals surface area contributed by atoms with E-state index >= 15 is 0 Å². The van der Waals surface area contributed by atoms with Crippen LogP contribution in [0.25, 0.3) is 0 Å². The minimum absolute atomic E-state index is 0.0690. The van der Waals surface area contributed by atoms with Gasteiger partial charge < -0.3 is 5.32 Å². The number of nitrogens with one attached hydrogen (secondary N) is 1. The lowest BCUT2D eigenvalue weighted by Crippen LogP contribution is -2.59. The van der Waals surface area contributed by atoms with Crippen LogP contribution in [0.4, 0.5) is 10.5 Å². The molecule has 0 radical (unpaired) electrons. The summed E-state index contributed by atoms with van der Waals surface area (Å²) in [6.07, 6.45) is 9.71. The fourth-order valence-electron chi connectivity index (χ4n) is 7.92. The first-order valence-electron chi connectivity index (χ1n) is 13.0. The highest BCUT2D eigenvalue weighted by atomic mass is 16.2. The number of nitrogens with zero attached hydrogens (tertiary/aromatic N) is 1. The molecule has 4 aliphatic rings. The van der Waals surface area contributed by atoms with Crippen LogP contribution in [0.15, 0.2) is 36.0 Å². The Morgan fingerprint density at radius 1 is 1.06 bits per heavy atom. The predicted molar refractivity (Wildman–Crippen MR) is 133 cm³/mol. The minimum Gasteiger partial charge on any atom is -0.307 e. The van der Waals surface area contributed by atoms with Crippen molar-refractivity contribution in [2.24, 2.45) is 28.6 Å². The first-order valence-corrected chi connectivity index (χ1v) is 13.0. The third kappa shape index (κ3) is 3.65. The molecule has 1 aromatic carbocycles. The van der Waals surface area contributed by atoms with Crippen molar-refractivity contribution in [2.75, 3.05) is 11.9 Å². The number of likely N-dealkylation sites (tertiary alicyclic amines) is 1. The summed E-state index contributed by atoms with van der Waals surface area (Å²) in [5, 5.41) is 3.25. The molecular formula is C29H40N2O2. The SMILES string of the molecule is CC(C)(C)c1ccccc1NC(=O)N1C[C@H]2[C@@H]3CCC[C@@]3(C)CC[C@@H]2[C@@]2(C)CCC(=O)C=C12. The Kier molecular flexibility index (Phi) is 5.30. The van der Waals surface area contributed by atoms with Gasteiger partial charge in [-0.3, -0.25) is 9.69 Å². The number of ketones is 1. The van der Waals surface area contributed by atoms with Gasteiger partial charge in [0.2, 0.25) is 0 Å². The van der Waals surface area contributed by atoms with Gasteiger partial charge in [0.15, 0.2) is 5.78 Å². The van der Waals surface area contributed by atoms with E-state index in [-0.39, 0.29) is 22.6 Å². The largest absolute Gasteiger partial charge is 0.326 e. The maximum Gasteiger partial charge on any atom is 0.326 e. The molecule has 0 bridgehead atoms. The van der Waals surface area contributed by atoms with Crippen LogP contribution in [0.3, 0.4) is 0 Å². The molecule has 1 heterocycles. The van der Waals surface area contributed by atoms with Gasteiger partial charge in [-0.25, -0.2) is 4.79 Å². The summed E-state index contributed by atoms with van der Waals surface area (Å²) in [6.45, 7) is 12.1. The number of carbonyl (C=O) groups is 2. The Hall–Kier alpha value is -2.10. The number of fused-ring (bicyclic) bond motifs is 5. The molecule has 0 aromatic heterocycles. The highest BCUT2D eigenvalue weighted by Gasteiger charge is 2.58. The van der Waals surface area contributed by atoms with Crippen LogP contribution in [-0.4, -0.2) is 23.3 Å². The summed E-state index contributed by atoms with van der Waals surface area (Å²) in [7, 11) is 0. The van der Waals surface area contributed by atoms with Crippen LogP contribution in [-0.2, 0) is 10.2 Å². The Balaban J connectivity index is 1.51. The number of benzene rings is 1. The van der Waals surface area contributed by atoms with Gasteiger partial charge >= 0.3 is 6.03 Å². The second kappa shape index (κ2) is 7.71. The second-order valence-electron chi connectivity index (χ2n) is 12.7. The number of urea groups is 1. The number of hydrogen-bond donors (Lipinski definition) is 1. The topological polar surface area (TPSA) is 49.4 Å². The van der Waals surface area contributed by atoms with Crippen molar-refractivity contribution in [1.82, 2.24) is 4.90 Å². The average molecular weight is 449 g/mol. The molecule has 33 heavy (non-hydrogen) atoms. The van der Waals surface area contributed by atoms with E-state index in [1.54, 1.807) is 6.08 Å². The maximum atomic E-state index is 13.9. The quantitative estimate of drug-likeness (QED) is 0.507. The van der Waals surface area contributed by atoms with Crippen LogP contribution in [0.2, 0.25) is 0 Å². The molecule has 3 aliphatic carbocycles. The lowest BCUT2D eigenvalue weighted by molar-refractivity contribution is -0.118. The molecule has 2 saturated carbocycles. The Labute approximate surface area is 199 Å². The lowest BCUT2D eigenvalue weighted by Gasteiger charge is -2.59. The van der Waals surface area contributed by atoms with Gasteiger partial charge in [0.05, 0.1) is 0 Å². The van der Waals surface area contributed by atoms with Crippen molar-refractivity contribution in [2.45, 2.75) is 85.0 Å². The number of allylic oxidation sites excluding steroid dienone is 2. The fourth-order valence-corrected chi connectivity index (χ4v) is 7.92. The molecule has 5 rings (SSSR count). The molecule has 178 valence electrons. The van der Waals surface area contributed by atoms with Gasteiger partial charge in [-0.05, 0) is 72.3 Å². The van der Waals surface area contributed by atoms with Gasteiger partial charge in [-0.2, -0.15) is 0 Å². The zero-order valence-electron chi connectivity index (χ0n) is 21.0. The van der Waals surface area contributed by atoms with E-state index in [1.165, 1.54) is 32.1 Å². The first-order chi connectivity index (χ1) is 15.5. The molecule has 2 amide bonds. The number of hydrogen-bond acceptors (Lipinski definition) is 2. The van der Waals surface area contributed by atoms with Crippen LogP contribution in [0.5, 0.6) is 0 Å². The van der Waals surface area contributed by atoms with Gasteiger partial charge in [0.25, 0.3) is 0 Å². The molecule has 1 saturated heterocycles. The van der Waals surface area contributed by atoms with Crippen molar-refractivity contribution < 1.29 is 9.59 Å². The second-order valence-corrected chi connectivity index (χ2v) is 12.7. The van der Waals surface area contributed by atoms with Crippen molar-refractivity contribution in [3.05, 3.63) is 41.6 Å². The van der Waals surface area contributed by atoms with Crippen LogP contribution in [0, 0.1) is 28.6 Å². The molecule has 4 nitrogen and oxygen atoms in total.